The Balaban J connectivity index is 1.76. The molecule has 0 radical (unpaired) electrons. The Bertz CT molecular complexity index is 642. The molecule has 0 aliphatic carbocycles. The second-order valence-corrected chi connectivity index (χ2v) is 4.88. The normalized spacial score (nSPS) is 9.91. The van der Waals surface area contributed by atoms with Gasteiger partial charge >= 0.3 is 6.03 Å². The first-order valence-corrected chi connectivity index (χ1v) is 7.23. The zero-order valence-corrected chi connectivity index (χ0v) is 12.6. The van der Waals surface area contributed by atoms with Crippen LogP contribution in [0.25, 0.3) is 0 Å². The Hall–Kier alpha value is -3.02. The topological polar surface area (TPSA) is 93.5 Å². The molecule has 3 amide bonds. The lowest BCUT2D eigenvalue weighted by Gasteiger charge is -2.09. The summed E-state index contributed by atoms with van der Waals surface area (Å²) in [6.07, 6.45) is 0.169. The largest absolute Gasteiger partial charge is 0.493 e. The van der Waals surface area contributed by atoms with Gasteiger partial charge in [0.1, 0.15) is 5.75 Å². The molecular formula is C17H19N3O3. The Morgan fingerprint density at radius 2 is 1.70 bits per heavy atom. The number of nitrogens with one attached hydrogen (secondary N) is 2. The summed E-state index contributed by atoms with van der Waals surface area (Å²) in [6.45, 7) is 0.695. The highest BCUT2D eigenvalue weighted by atomic mass is 16.5. The zero-order valence-electron chi connectivity index (χ0n) is 12.6. The summed E-state index contributed by atoms with van der Waals surface area (Å²) in [5.41, 5.74) is 6.71. The maximum absolute atomic E-state index is 11.8. The number of hydrogen-bond donors (Lipinski definition) is 3. The molecular weight excluding hydrogens is 294 g/mol. The number of ether oxygens (including phenoxy) is 1. The van der Waals surface area contributed by atoms with E-state index in [1.807, 2.05) is 30.3 Å². The fourth-order valence-corrected chi connectivity index (χ4v) is 1.86. The van der Waals surface area contributed by atoms with Crippen LogP contribution in [-0.4, -0.2) is 18.5 Å². The lowest BCUT2D eigenvalue weighted by Crippen LogP contribution is -2.28. The van der Waals surface area contributed by atoms with Crippen LogP contribution in [0.2, 0.25) is 0 Å². The number of carbonyl (C=O) groups excluding carboxylic acids is 2. The predicted octanol–water partition coefficient (Wildman–Crippen LogP) is 2.26. The van der Waals surface area contributed by atoms with Crippen molar-refractivity contribution in [3.8, 4) is 5.75 Å². The SMILES string of the molecule is NC(=O)CCOc1ccc(NC(=O)NCc2ccccc2)cc1. The number of amides is 3. The summed E-state index contributed by atoms with van der Waals surface area (Å²) in [5, 5.41) is 5.51. The molecule has 0 fully saturated rings. The minimum Gasteiger partial charge on any atom is -0.493 e. The molecule has 0 bridgehead atoms. The van der Waals surface area contributed by atoms with Crippen molar-refractivity contribution >= 4 is 17.6 Å². The maximum Gasteiger partial charge on any atom is 0.319 e. The standard InChI is InChI=1S/C17H19N3O3/c18-16(21)10-11-23-15-8-6-14(7-9-15)20-17(22)19-12-13-4-2-1-3-5-13/h1-9H,10-12H2,(H2,18,21)(H2,19,20,22). The summed E-state index contributed by atoms with van der Waals surface area (Å²) < 4.78 is 5.35. The fraction of sp³-hybridized carbons (Fsp3) is 0.176. The third kappa shape index (κ3) is 6.09. The van der Waals surface area contributed by atoms with Gasteiger partial charge in [0.2, 0.25) is 5.91 Å². The van der Waals surface area contributed by atoms with Crippen molar-refractivity contribution in [2.75, 3.05) is 11.9 Å². The van der Waals surface area contributed by atoms with E-state index in [1.165, 1.54) is 0 Å². The minimum atomic E-state index is -0.404. The lowest BCUT2D eigenvalue weighted by atomic mass is 10.2. The van der Waals surface area contributed by atoms with Crippen molar-refractivity contribution in [2.45, 2.75) is 13.0 Å². The van der Waals surface area contributed by atoms with Gasteiger partial charge in [0, 0.05) is 12.2 Å². The highest BCUT2D eigenvalue weighted by Gasteiger charge is 2.02. The van der Waals surface area contributed by atoms with Crippen LogP contribution in [0.15, 0.2) is 54.6 Å². The van der Waals surface area contributed by atoms with Gasteiger partial charge in [-0.1, -0.05) is 30.3 Å². The van der Waals surface area contributed by atoms with Crippen LogP contribution in [-0.2, 0) is 11.3 Å². The average Bonchev–Trinajstić information content (AvgIpc) is 2.55. The van der Waals surface area contributed by atoms with Crippen molar-refractivity contribution in [1.29, 1.82) is 0 Å². The van der Waals surface area contributed by atoms with Crippen LogP contribution in [0.4, 0.5) is 10.5 Å². The van der Waals surface area contributed by atoms with E-state index >= 15 is 0 Å². The van der Waals surface area contributed by atoms with Gasteiger partial charge < -0.3 is 21.1 Å². The van der Waals surface area contributed by atoms with E-state index in [0.29, 0.717) is 18.0 Å². The second-order valence-electron chi connectivity index (χ2n) is 4.88. The van der Waals surface area contributed by atoms with Crippen molar-refractivity contribution < 1.29 is 14.3 Å². The number of nitrogens with two attached hydrogens (primary N) is 1. The van der Waals surface area contributed by atoms with Gasteiger partial charge in [-0.3, -0.25) is 4.79 Å². The van der Waals surface area contributed by atoms with Crippen LogP contribution in [0.3, 0.4) is 0 Å². The first kappa shape index (κ1) is 16.4. The summed E-state index contributed by atoms with van der Waals surface area (Å²) in [6, 6.07) is 16.3. The molecule has 0 saturated heterocycles. The number of anilines is 1. The van der Waals surface area contributed by atoms with E-state index in [1.54, 1.807) is 24.3 Å². The molecule has 0 saturated carbocycles. The number of hydrogen-bond acceptors (Lipinski definition) is 3. The summed E-state index contributed by atoms with van der Waals surface area (Å²) in [4.78, 5) is 22.4. The molecule has 0 unspecified atom stereocenters. The smallest absolute Gasteiger partial charge is 0.319 e. The van der Waals surface area contributed by atoms with Crippen molar-refractivity contribution in [3.63, 3.8) is 0 Å². The monoisotopic (exact) mass is 313 g/mol. The van der Waals surface area contributed by atoms with Crippen LogP contribution >= 0.6 is 0 Å². The van der Waals surface area contributed by atoms with E-state index in [4.69, 9.17) is 10.5 Å². The quantitative estimate of drug-likeness (QED) is 0.732. The number of benzene rings is 2. The maximum atomic E-state index is 11.8. The summed E-state index contributed by atoms with van der Waals surface area (Å²) in [7, 11) is 0. The third-order valence-electron chi connectivity index (χ3n) is 3.03. The molecule has 0 heterocycles. The Kier molecular flexibility index (Phi) is 5.99. The van der Waals surface area contributed by atoms with E-state index in [-0.39, 0.29) is 19.1 Å². The number of urea groups is 1. The number of carbonyl (C=O) groups is 2. The molecule has 0 spiro atoms. The van der Waals surface area contributed by atoms with Crippen molar-refractivity contribution in [2.24, 2.45) is 5.73 Å². The molecule has 23 heavy (non-hydrogen) atoms. The second kappa shape index (κ2) is 8.43. The van der Waals surface area contributed by atoms with Gasteiger partial charge in [-0.2, -0.15) is 0 Å². The van der Waals surface area contributed by atoms with Gasteiger partial charge in [0.05, 0.1) is 13.0 Å². The first-order valence-electron chi connectivity index (χ1n) is 7.23. The fourth-order valence-electron chi connectivity index (χ4n) is 1.86. The molecule has 4 N–H and O–H groups in total. The molecule has 6 heteroatoms. The van der Waals surface area contributed by atoms with Gasteiger partial charge in [-0.25, -0.2) is 4.79 Å². The molecule has 6 nitrogen and oxygen atoms in total. The van der Waals surface area contributed by atoms with E-state index in [2.05, 4.69) is 10.6 Å². The molecule has 2 aromatic carbocycles. The summed E-state index contributed by atoms with van der Waals surface area (Å²) in [5.74, 6) is 0.208. The molecule has 0 aliphatic heterocycles. The molecule has 2 aromatic rings. The highest BCUT2D eigenvalue weighted by molar-refractivity contribution is 5.89. The molecule has 0 atom stereocenters. The van der Waals surface area contributed by atoms with E-state index in [0.717, 1.165) is 5.56 Å². The van der Waals surface area contributed by atoms with Crippen molar-refractivity contribution in [3.05, 3.63) is 60.2 Å². The van der Waals surface area contributed by atoms with Crippen molar-refractivity contribution in [1.82, 2.24) is 5.32 Å². The third-order valence-corrected chi connectivity index (χ3v) is 3.03. The highest BCUT2D eigenvalue weighted by Crippen LogP contribution is 2.15. The molecule has 120 valence electrons. The lowest BCUT2D eigenvalue weighted by molar-refractivity contribution is -0.118. The Morgan fingerprint density at radius 1 is 1.00 bits per heavy atom. The molecule has 0 aromatic heterocycles. The van der Waals surface area contributed by atoms with Crippen LogP contribution < -0.4 is 21.1 Å². The number of rotatable bonds is 7. The zero-order chi connectivity index (χ0) is 16.5. The van der Waals surface area contributed by atoms with Crippen LogP contribution in [0, 0.1) is 0 Å². The van der Waals surface area contributed by atoms with Crippen LogP contribution in [0.1, 0.15) is 12.0 Å². The molecule has 2 rings (SSSR count). The van der Waals surface area contributed by atoms with Gasteiger partial charge in [-0.15, -0.1) is 0 Å². The van der Waals surface area contributed by atoms with Gasteiger partial charge in [0.25, 0.3) is 0 Å². The van der Waals surface area contributed by atoms with Crippen LogP contribution in [0.5, 0.6) is 5.75 Å². The average molecular weight is 313 g/mol. The predicted molar refractivity (Wildman–Crippen MR) is 88.0 cm³/mol. The first-order chi connectivity index (χ1) is 11.1. The molecule has 0 aliphatic rings. The minimum absolute atomic E-state index is 0.169. The Labute approximate surface area is 134 Å². The number of primary amides is 1. The van der Waals surface area contributed by atoms with E-state index in [9.17, 15) is 9.59 Å². The summed E-state index contributed by atoms with van der Waals surface area (Å²) >= 11 is 0. The van der Waals surface area contributed by atoms with Gasteiger partial charge in [0.15, 0.2) is 0 Å². The Morgan fingerprint density at radius 3 is 2.35 bits per heavy atom. The van der Waals surface area contributed by atoms with E-state index < -0.39 is 5.91 Å². The van der Waals surface area contributed by atoms with Gasteiger partial charge in [-0.05, 0) is 29.8 Å².